The molecule has 0 saturated carbocycles. The number of nitrogen functional groups attached to an aromatic ring is 1. The number of anilines is 2. The topological polar surface area (TPSA) is 29.3 Å². The molecular formula is C16H21ClN2. The van der Waals surface area contributed by atoms with Gasteiger partial charge in [0.05, 0.1) is 0 Å². The van der Waals surface area contributed by atoms with Crippen molar-refractivity contribution in [3.8, 4) is 0 Å². The van der Waals surface area contributed by atoms with Crippen molar-refractivity contribution >= 4 is 23.8 Å². The van der Waals surface area contributed by atoms with Crippen LogP contribution in [0.2, 0.25) is 0 Å². The zero-order valence-electron chi connectivity index (χ0n) is 11.7. The third kappa shape index (κ3) is 3.90. The molecule has 2 N–H and O–H groups in total. The first-order chi connectivity index (χ1) is 8.56. The average Bonchev–Trinajstić information content (AvgIpc) is 2.32. The predicted molar refractivity (Wildman–Crippen MR) is 86.1 cm³/mol. The van der Waals surface area contributed by atoms with E-state index in [4.69, 9.17) is 5.73 Å². The Labute approximate surface area is 121 Å². The maximum Gasteiger partial charge on any atom is 0.0427 e. The summed E-state index contributed by atoms with van der Waals surface area (Å²) in [4.78, 5) is 2.26. The van der Waals surface area contributed by atoms with Gasteiger partial charge >= 0.3 is 0 Å². The first kappa shape index (κ1) is 15.4. The monoisotopic (exact) mass is 276 g/mol. The lowest BCUT2D eigenvalue weighted by molar-refractivity contribution is 0.916. The van der Waals surface area contributed by atoms with Crippen LogP contribution in [0.4, 0.5) is 11.4 Å². The molecule has 0 heterocycles. The first-order valence-corrected chi connectivity index (χ1v) is 6.19. The van der Waals surface area contributed by atoms with E-state index >= 15 is 0 Å². The Hall–Kier alpha value is -1.67. The zero-order chi connectivity index (χ0) is 13.1. The zero-order valence-corrected chi connectivity index (χ0v) is 12.5. The van der Waals surface area contributed by atoms with E-state index in [-0.39, 0.29) is 12.4 Å². The Morgan fingerprint density at radius 3 is 2.47 bits per heavy atom. The lowest BCUT2D eigenvalue weighted by Crippen LogP contribution is -2.17. The van der Waals surface area contributed by atoms with Gasteiger partial charge in [0.2, 0.25) is 0 Å². The second-order valence-corrected chi connectivity index (χ2v) is 4.89. The number of hydrogen-bond donors (Lipinski definition) is 1. The van der Waals surface area contributed by atoms with Crippen LogP contribution < -0.4 is 10.6 Å². The third-order valence-electron chi connectivity index (χ3n) is 3.15. The lowest BCUT2D eigenvalue weighted by Gasteiger charge is -2.22. The summed E-state index contributed by atoms with van der Waals surface area (Å²) < 4.78 is 0. The van der Waals surface area contributed by atoms with Crippen molar-refractivity contribution < 1.29 is 0 Å². The van der Waals surface area contributed by atoms with Gasteiger partial charge in [-0.3, -0.25) is 0 Å². The molecule has 0 aliphatic rings. The minimum Gasteiger partial charge on any atom is -0.399 e. The molecule has 0 aliphatic heterocycles. The maximum absolute atomic E-state index is 5.81. The molecular weight excluding hydrogens is 256 g/mol. The molecule has 0 unspecified atom stereocenters. The summed E-state index contributed by atoms with van der Waals surface area (Å²) in [5.74, 6) is 0. The van der Waals surface area contributed by atoms with Gasteiger partial charge < -0.3 is 10.6 Å². The summed E-state index contributed by atoms with van der Waals surface area (Å²) >= 11 is 0. The van der Waals surface area contributed by atoms with Crippen molar-refractivity contribution in [2.75, 3.05) is 17.7 Å². The number of hydrogen-bond acceptors (Lipinski definition) is 2. The van der Waals surface area contributed by atoms with Crippen LogP contribution in [0.1, 0.15) is 16.7 Å². The molecule has 0 fully saturated rings. The average molecular weight is 277 g/mol. The van der Waals surface area contributed by atoms with E-state index in [9.17, 15) is 0 Å². The van der Waals surface area contributed by atoms with Crippen LogP contribution in [0.15, 0.2) is 42.5 Å². The van der Waals surface area contributed by atoms with Crippen LogP contribution in [0.3, 0.4) is 0 Å². The summed E-state index contributed by atoms with van der Waals surface area (Å²) in [5, 5.41) is 0. The minimum absolute atomic E-state index is 0. The maximum atomic E-state index is 5.81. The highest BCUT2D eigenvalue weighted by molar-refractivity contribution is 5.85. The number of benzene rings is 2. The van der Waals surface area contributed by atoms with Gasteiger partial charge in [0.15, 0.2) is 0 Å². The Kier molecular flexibility index (Phi) is 5.25. The van der Waals surface area contributed by atoms with Crippen LogP contribution in [-0.2, 0) is 6.54 Å². The Balaban J connectivity index is 0.00000180. The largest absolute Gasteiger partial charge is 0.399 e. The standard InChI is InChI=1S/C16H20N2.ClH/c1-12-7-8-13(2)16(9-12)18(3)11-14-5-4-6-15(17)10-14;/h4-10H,11,17H2,1-3H3;1H. The van der Waals surface area contributed by atoms with Crippen molar-refractivity contribution in [2.24, 2.45) is 0 Å². The number of rotatable bonds is 3. The molecule has 3 heteroatoms. The molecule has 0 amide bonds. The quantitative estimate of drug-likeness (QED) is 0.861. The van der Waals surface area contributed by atoms with Crippen molar-refractivity contribution in [3.05, 3.63) is 59.2 Å². The summed E-state index contributed by atoms with van der Waals surface area (Å²) in [7, 11) is 2.12. The molecule has 19 heavy (non-hydrogen) atoms. The fourth-order valence-electron chi connectivity index (χ4n) is 2.18. The number of nitrogens with zero attached hydrogens (tertiary/aromatic N) is 1. The van der Waals surface area contributed by atoms with E-state index in [0.717, 1.165) is 12.2 Å². The molecule has 102 valence electrons. The second-order valence-electron chi connectivity index (χ2n) is 4.89. The molecule has 2 rings (SSSR count). The molecule has 0 radical (unpaired) electrons. The third-order valence-corrected chi connectivity index (χ3v) is 3.15. The molecule has 2 nitrogen and oxygen atoms in total. The van der Waals surface area contributed by atoms with E-state index in [1.807, 2.05) is 18.2 Å². The van der Waals surface area contributed by atoms with Gasteiger partial charge in [0.1, 0.15) is 0 Å². The summed E-state index contributed by atoms with van der Waals surface area (Å²) in [6.07, 6.45) is 0. The van der Waals surface area contributed by atoms with Gasteiger partial charge in [0, 0.05) is 25.0 Å². The van der Waals surface area contributed by atoms with Crippen molar-refractivity contribution in [1.82, 2.24) is 0 Å². The highest BCUT2D eigenvalue weighted by Crippen LogP contribution is 2.22. The van der Waals surface area contributed by atoms with Crippen LogP contribution >= 0.6 is 12.4 Å². The van der Waals surface area contributed by atoms with Crippen LogP contribution in [-0.4, -0.2) is 7.05 Å². The van der Waals surface area contributed by atoms with Crippen LogP contribution in [0, 0.1) is 13.8 Å². The van der Waals surface area contributed by atoms with Gasteiger partial charge in [-0.25, -0.2) is 0 Å². The summed E-state index contributed by atoms with van der Waals surface area (Å²) in [6.45, 7) is 5.14. The van der Waals surface area contributed by atoms with Gasteiger partial charge in [-0.2, -0.15) is 0 Å². The fourth-order valence-corrected chi connectivity index (χ4v) is 2.18. The highest BCUT2D eigenvalue weighted by Gasteiger charge is 2.05. The minimum atomic E-state index is 0. The molecule has 0 bridgehead atoms. The predicted octanol–water partition coefficient (Wildman–Crippen LogP) is 3.94. The van der Waals surface area contributed by atoms with E-state index < -0.39 is 0 Å². The molecule has 0 spiro atoms. The number of halogens is 1. The molecule has 0 aliphatic carbocycles. The number of aryl methyl sites for hydroxylation is 2. The Morgan fingerprint density at radius 1 is 1.05 bits per heavy atom. The fraction of sp³-hybridized carbons (Fsp3) is 0.250. The van der Waals surface area contributed by atoms with Crippen molar-refractivity contribution in [1.29, 1.82) is 0 Å². The van der Waals surface area contributed by atoms with Gasteiger partial charge in [0.25, 0.3) is 0 Å². The second kappa shape index (κ2) is 6.48. The highest BCUT2D eigenvalue weighted by atomic mass is 35.5. The Morgan fingerprint density at radius 2 is 1.79 bits per heavy atom. The summed E-state index contributed by atoms with van der Waals surface area (Å²) in [6, 6.07) is 14.6. The first-order valence-electron chi connectivity index (χ1n) is 6.19. The molecule has 2 aromatic rings. The van der Waals surface area contributed by atoms with E-state index in [1.54, 1.807) is 0 Å². The van der Waals surface area contributed by atoms with Gasteiger partial charge in [-0.1, -0.05) is 24.3 Å². The molecule has 2 aromatic carbocycles. The lowest BCUT2D eigenvalue weighted by atomic mass is 10.1. The van der Waals surface area contributed by atoms with E-state index in [0.29, 0.717) is 0 Å². The smallest absolute Gasteiger partial charge is 0.0427 e. The molecule has 0 saturated heterocycles. The van der Waals surface area contributed by atoms with Gasteiger partial charge in [-0.15, -0.1) is 12.4 Å². The van der Waals surface area contributed by atoms with Crippen molar-refractivity contribution in [3.63, 3.8) is 0 Å². The summed E-state index contributed by atoms with van der Waals surface area (Å²) in [5.41, 5.74) is 11.7. The van der Waals surface area contributed by atoms with E-state index in [1.165, 1.54) is 22.4 Å². The Bertz CT molecular complexity index is 552. The number of nitrogens with two attached hydrogens (primary N) is 1. The molecule has 0 aromatic heterocycles. The van der Waals surface area contributed by atoms with E-state index in [2.05, 4.69) is 50.1 Å². The van der Waals surface area contributed by atoms with Gasteiger partial charge in [-0.05, 0) is 48.7 Å². The normalized spacial score (nSPS) is 9.84. The SMILES string of the molecule is Cc1ccc(C)c(N(C)Cc2cccc(N)c2)c1.Cl. The van der Waals surface area contributed by atoms with Crippen molar-refractivity contribution in [2.45, 2.75) is 20.4 Å². The van der Waals surface area contributed by atoms with Crippen LogP contribution in [0.25, 0.3) is 0 Å². The van der Waals surface area contributed by atoms with Crippen LogP contribution in [0.5, 0.6) is 0 Å². The molecule has 0 atom stereocenters.